The smallest absolute Gasteiger partial charge is 0.248 e. The van der Waals surface area contributed by atoms with Crippen molar-refractivity contribution in [3.8, 4) is 11.1 Å². The van der Waals surface area contributed by atoms with Crippen LogP contribution in [-0.2, 0) is 0 Å². The van der Waals surface area contributed by atoms with Gasteiger partial charge in [0.2, 0.25) is 5.91 Å². The third-order valence-electron chi connectivity index (χ3n) is 4.34. The van der Waals surface area contributed by atoms with Crippen LogP contribution in [0.1, 0.15) is 26.3 Å². The molecule has 0 saturated heterocycles. The summed E-state index contributed by atoms with van der Waals surface area (Å²) in [5.74, 6) is -0.586. The largest absolute Gasteiger partial charge is 0.366 e. The van der Waals surface area contributed by atoms with Gasteiger partial charge in [0.05, 0.1) is 11.0 Å². The quantitative estimate of drug-likeness (QED) is 0.568. The first kappa shape index (κ1) is 16.6. The maximum Gasteiger partial charge on any atom is 0.248 e. The van der Waals surface area contributed by atoms with Crippen molar-refractivity contribution < 1.29 is 9.59 Å². The number of aromatic nitrogens is 2. The van der Waals surface area contributed by atoms with Gasteiger partial charge in [0.1, 0.15) is 0 Å². The van der Waals surface area contributed by atoms with Crippen LogP contribution >= 0.6 is 0 Å². The van der Waals surface area contributed by atoms with Gasteiger partial charge in [-0.1, -0.05) is 30.3 Å². The summed E-state index contributed by atoms with van der Waals surface area (Å²) in [5, 5.41) is 0. The number of nitrogens with two attached hydrogens (primary N) is 1. The average Bonchev–Trinajstić information content (AvgIpc) is 2.73. The van der Waals surface area contributed by atoms with Crippen molar-refractivity contribution in [1.82, 2.24) is 9.97 Å². The monoisotopic (exact) mass is 353 g/mol. The van der Waals surface area contributed by atoms with Gasteiger partial charge in [0.25, 0.3) is 0 Å². The van der Waals surface area contributed by atoms with Gasteiger partial charge < -0.3 is 5.73 Å². The second kappa shape index (κ2) is 6.80. The van der Waals surface area contributed by atoms with Gasteiger partial charge in [-0.25, -0.2) is 0 Å². The van der Waals surface area contributed by atoms with E-state index < -0.39 is 5.91 Å². The second-order valence-electron chi connectivity index (χ2n) is 6.11. The zero-order chi connectivity index (χ0) is 18.8. The van der Waals surface area contributed by atoms with Crippen molar-refractivity contribution >= 4 is 22.7 Å². The highest BCUT2D eigenvalue weighted by Crippen LogP contribution is 2.23. The van der Waals surface area contributed by atoms with Crippen molar-refractivity contribution in [3.05, 3.63) is 95.8 Å². The molecule has 0 atom stereocenters. The molecule has 0 unspecified atom stereocenters. The first-order chi connectivity index (χ1) is 13.1. The van der Waals surface area contributed by atoms with Gasteiger partial charge in [-0.05, 0) is 47.5 Å². The molecule has 0 aliphatic rings. The first-order valence-corrected chi connectivity index (χ1v) is 8.37. The van der Waals surface area contributed by atoms with E-state index in [1.807, 2.05) is 24.3 Å². The van der Waals surface area contributed by atoms with Crippen LogP contribution < -0.4 is 5.73 Å². The minimum Gasteiger partial charge on any atom is -0.366 e. The molecule has 130 valence electrons. The molecule has 0 radical (unpaired) electrons. The molecule has 27 heavy (non-hydrogen) atoms. The van der Waals surface area contributed by atoms with Crippen LogP contribution in [0.15, 0.2) is 79.1 Å². The molecule has 0 saturated carbocycles. The maximum atomic E-state index is 12.9. The Morgan fingerprint density at radius 1 is 0.667 bits per heavy atom. The van der Waals surface area contributed by atoms with Gasteiger partial charge >= 0.3 is 0 Å². The van der Waals surface area contributed by atoms with Crippen molar-refractivity contribution in [3.63, 3.8) is 0 Å². The number of carbonyl (C=O) groups excluding carboxylic acids is 2. The molecule has 0 spiro atoms. The molecule has 4 aromatic rings. The van der Waals surface area contributed by atoms with Crippen LogP contribution in [0.4, 0.5) is 0 Å². The number of benzene rings is 3. The molecule has 5 heteroatoms. The highest BCUT2D eigenvalue weighted by molar-refractivity contribution is 6.10. The number of nitrogens with zero attached hydrogens (tertiary/aromatic N) is 2. The lowest BCUT2D eigenvalue weighted by Gasteiger charge is -2.07. The number of fused-ring (bicyclic) bond motifs is 1. The molecule has 0 bridgehead atoms. The minimum atomic E-state index is -0.485. The molecule has 4 rings (SSSR count). The van der Waals surface area contributed by atoms with Crippen LogP contribution in [0.2, 0.25) is 0 Å². The van der Waals surface area contributed by atoms with E-state index in [0.717, 1.165) is 16.6 Å². The van der Waals surface area contributed by atoms with Crippen molar-refractivity contribution in [1.29, 1.82) is 0 Å². The Morgan fingerprint density at radius 3 is 1.96 bits per heavy atom. The van der Waals surface area contributed by atoms with E-state index in [0.29, 0.717) is 22.2 Å². The Morgan fingerprint density at radius 2 is 1.26 bits per heavy atom. The van der Waals surface area contributed by atoms with Crippen molar-refractivity contribution in [2.24, 2.45) is 5.73 Å². The third kappa shape index (κ3) is 3.30. The van der Waals surface area contributed by atoms with Crippen LogP contribution in [0.3, 0.4) is 0 Å². The van der Waals surface area contributed by atoms with Crippen LogP contribution in [0.25, 0.3) is 22.2 Å². The lowest BCUT2D eigenvalue weighted by molar-refractivity contribution is 0.0998. The molecule has 1 amide bonds. The highest BCUT2D eigenvalue weighted by Gasteiger charge is 2.12. The van der Waals surface area contributed by atoms with Crippen molar-refractivity contribution in [2.45, 2.75) is 0 Å². The molecular formula is C22H15N3O2. The SMILES string of the molecule is NC(=O)c1cccc(-c2cccc(C(=O)c3ccc4nccnc4c3)c2)c1. The predicted molar refractivity (Wildman–Crippen MR) is 103 cm³/mol. The number of hydrogen-bond donors (Lipinski definition) is 1. The summed E-state index contributed by atoms with van der Waals surface area (Å²) < 4.78 is 0. The van der Waals surface area contributed by atoms with Crippen LogP contribution in [-0.4, -0.2) is 21.7 Å². The minimum absolute atomic E-state index is 0.101. The predicted octanol–water partition coefficient (Wildman–Crippen LogP) is 3.63. The number of primary amides is 1. The average molecular weight is 353 g/mol. The molecule has 3 aromatic carbocycles. The van der Waals surface area contributed by atoms with Gasteiger partial charge in [0, 0.05) is 29.1 Å². The summed E-state index contributed by atoms with van der Waals surface area (Å²) >= 11 is 0. The lowest BCUT2D eigenvalue weighted by atomic mass is 9.97. The van der Waals surface area contributed by atoms with E-state index in [9.17, 15) is 9.59 Å². The second-order valence-corrected chi connectivity index (χ2v) is 6.11. The summed E-state index contributed by atoms with van der Waals surface area (Å²) in [4.78, 5) is 32.8. The molecular weight excluding hydrogens is 338 g/mol. The number of rotatable bonds is 4. The van der Waals surface area contributed by atoms with E-state index in [1.54, 1.807) is 54.9 Å². The van der Waals surface area contributed by atoms with E-state index >= 15 is 0 Å². The first-order valence-electron chi connectivity index (χ1n) is 8.37. The molecule has 0 aliphatic carbocycles. The van der Waals surface area contributed by atoms with Crippen molar-refractivity contribution in [2.75, 3.05) is 0 Å². The zero-order valence-electron chi connectivity index (χ0n) is 14.3. The van der Waals surface area contributed by atoms with Gasteiger partial charge in [-0.15, -0.1) is 0 Å². The molecule has 0 fully saturated rings. The molecule has 1 aromatic heterocycles. The number of carbonyl (C=O) groups is 2. The van der Waals surface area contributed by atoms with Crippen LogP contribution in [0.5, 0.6) is 0 Å². The Hall–Kier alpha value is -3.86. The normalized spacial score (nSPS) is 10.7. The Labute approximate surface area is 155 Å². The summed E-state index contributed by atoms with van der Waals surface area (Å²) in [6.45, 7) is 0. The molecule has 1 heterocycles. The third-order valence-corrected chi connectivity index (χ3v) is 4.34. The summed E-state index contributed by atoms with van der Waals surface area (Å²) in [6.07, 6.45) is 3.22. The number of amides is 1. The van der Waals surface area contributed by atoms with E-state index in [2.05, 4.69) is 9.97 Å². The maximum absolute atomic E-state index is 12.9. The fourth-order valence-corrected chi connectivity index (χ4v) is 2.96. The molecule has 5 nitrogen and oxygen atoms in total. The topological polar surface area (TPSA) is 85.9 Å². The number of ketones is 1. The van der Waals surface area contributed by atoms with Crippen LogP contribution in [0, 0.1) is 0 Å². The summed E-state index contributed by atoms with van der Waals surface area (Å²) in [5.41, 5.74) is 9.97. The highest BCUT2D eigenvalue weighted by atomic mass is 16.1. The Bertz CT molecular complexity index is 1180. The fourth-order valence-electron chi connectivity index (χ4n) is 2.96. The fraction of sp³-hybridized carbons (Fsp3) is 0. The molecule has 0 aliphatic heterocycles. The molecule has 2 N–H and O–H groups in total. The standard InChI is InChI=1S/C22H15N3O2/c23-22(27)18-6-2-4-15(12-18)14-3-1-5-16(11-14)21(26)17-7-8-19-20(13-17)25-10-9-24-19/h1-13H,(H2,23,27). The zero-order valence-corrected chi connectivity index (χ0v) is 14.3. The van der Waals surface area contributed by atoms with E-state index in [4.69, 9.17) is 5.73 Å². The van der Waals surface area contributed by atoms with Gasteiger partial charge in [-0.3, -0.25) is 19.6 Å². The van der Waals surface area contributed by atoms with E-state index in [-0.39, 0.29) is 5.78 Å². The Kier molecular flexibility index (Phi) is 4.18. The lowest BCUT2D eigenvalue weighted by Crippen LogP contribution is -2.10. The van der Waals surface area contributed by atoms with Gasteiger partial charge in [-0.2, -0.15) is 0 Å². The Balaban J connectivity index is 1.72. The summed E-state index contributed by atoms with van der Waals surface area (Å²) in [7, 11) is 0. The number of hydrogen-bond acceptors (Lipinski definition) is 4. The van der Waals surface area contributed by atoms with Gasteiger partial charge in [0.15, 0.2) is 5.78 Å². The van der Waals surface area contributed by atoms with E-state index in [1.165, 1.54) is 0 Å². The summed E-state index contributed by atoms with van der Waals surface area (Å²) in [6, 6.07) is 19.6.